The number of rotatable bonds is 6. The Morgan fingerprint density at radius 3 is 2.58 bits per heavy atom. The molecule has 0 spiro atoms. The van der Waals surface area contributed by atoms with Crippen molar-refractivity contribution in [3.8, 4) is 5.75 Å². The van der Waals surface area contributed by atoms with Gasteiger partial charge in [-0.1, -0.05) is 0 Å². The first kappa shape index (κ1) is 18.2. The molecule has 0 aromatic heterocycles. The summed E-state index contributed by atoms with van der Waals surface area (Å²) in [7, 11) is -3.09. The maximum Gasteiger partial charge on any atom is 0.347 e. The van der Waals surface area contributed by atoms with Crippen LogP contribution in [0.2, 0.25) is 0 Å². The molecular formula is C15H18FNO6S. The molecule has 0 aliphatic carbocycles. The van der Waals surface area contributed by atoms with Crippen LogP contribution in [-0.2, 0) is 24.2 Å². The van der Waals surface area contributed by atoms with Crippen LogP contribution in [-0.4, -0.2) is 50.6 Å². The van der Waals surface area contributed by atoms with E-state index in [0.717, 1.165) is 0 Å². The SMILES string of the molecule is C[C@H](Oc1ccc(F)cc1)C(=O)OCC(=O)N[C@H]1CCS(=O)(=O)C1. The average molecular weight is 359 g/mol. The number of esters is 1. The van der Waals surface area contributed by atoms with E-state index in [2.05, 4.69) is 5.32 Å². The zero-order chi connectivity index (χ0) is 17.7. The molecule has 0 saturated carbocycles. The van der Waals surface area contributed by atoms with Crippen molar-refractivity contribution >= 4 is 21.7 Å². The first-order valence-electron chi connectivity index (χ1n) is 7.34. The van der Waals surface area contributed by atoms with Gasteiger partial charge in [-0.3, -0.25) is 4.79 Å². The maximum atomic E-state index is 12.8. The molecule has 1 N–H and O–H groups in total. The normalized spacial score (nSPS) is 20.2. The molecule has 1 heterocycles. The summed E-state index contributed by atoms with van der Waals surface area (Å²) in [5.74, 6) is -1.52. The Hall–Kier alpha value is -2.16. The second-order valence-electron chi connectivity index (χ2n) is 5.49. The van der Waals surface area contributed by atoms with Gasteiger partial charge in [0.05, 0.1) is 11.5 Å². The van der Waals surface area contributed by atoms with Crippen LogP contribution in [0, 0.1) is 5.82 Å². The third-order valence-corrected chi connectivity index (χ3v) is 5.17. The van der Waals surface area contributed by atoms with E-state index >= 15 is 0 Å². The Kier molecular flexibility index (Phi) is 5.76. The number of halogens is 1. The Bertz CT molecular complexity index is 703. The molecule has 2 rings (SSSR count). The van der Waals surface area contributed by atoms with Crippen molar-refractivity contribution in [1.29, 1.82) is 0 Å². The molecule has 9 heteroatoms. The number of nitrogens with one attached hydrogen (secondary N) is 1. The lowest BCUT2D eigenvalue weighted by Gasteiger charge is -2.15. The minimum atomic E-state index is -3.09. The van der Waals surface area contributed by atoms with Gasteiger partial charge in [-0.05, 0) is 37.6 Å². The number of carbonyl (C=O) groups excluding carboxylic acids is 2. The fourth-order valence-electron chi connectivity index (χ4n) is 2.20. The summed E-state index contributed by atoms with van der Waals surface area (Å²) in [6, 6.07) is 4.67. The lowest BCUT2D eigenvalue weighted by molar-refractivity contribution is -0.154. The average Bonchev–Trinajstić information content (AvgIpc) is 2.85. The zero-order valence-electron chi connectivity index (χ0n) is 13.0. The second-order valence-corrected chi connectivity index (χ2v) is 7.72. The van der Waals surface area contributed by atoms with Crippen molar-refractivity contribution in [1.82, 2.24) is 5.32 Å². The maximum absolute atomic E-state index is 12.8. The number of carbonyl (C=O) groups is 2. The number of ether oxygens (including phenoxy) is 2. The number of benzene rings is 1. The lowest BCUT2D eigenvalue weighted by atomic mass is 10.2. The highest BCUT2D eigenvalue weighted by Crippen LogP contribution is 2.14. The first-order chi connectivity index (χ1) is 11.2. The summed E-state index contributed by atoms with van der Waals surface area (Å²) in [5, 5.41) is 2.51. The van der Waals surface area contributed by atoms with Crippen LogP contribution in [0.25, 0.3) is 0 Å². The van der Waals surface area contributed by atoms with Gasteiger partial charge >= 0.3 is 5.97 Å². The summed E-state index contributed by atoms with van der Waals surface area (Å²) < 4.78 is 45.5. The van der Waals surface area contributed by atoms with E-state index in [-0.39, 0.29) is 11.5 Å². The van der Waals surface area contributed by atoms with Gasteiger partial charge in [0.25, 0.3) is 5.91 Å². The van der Waals surface area contributed by atoms with Crippen LogP contribution in [0.3, 0.4) is 0 Å². The fourth-order valence-corrected chi connectivity index (χ4v) is 3.87. The van der Waals surface area contributed by atoms with E-state index in [0.29, 0.717) is 12.2 Å². The van der Waals surface area contributed by atoms with Gasteiger partial charge in [-0.15, -0.1) is 0 Å². The number of hydrogen-bond donors (Lipinski definition) is 1. The molecule has 1 saturated heterocycles. The van der Waals surface area contributed by atoms with Crippen molar-refractivity contribution in [2.24, 2.45) is 0 Å². The Morgan fingerprint density at radius 1 is 1.33 bits per heavy atom. The molecule has 7 nitrogen and oxygen atoms in total. The molecule has 2 atom stereocenters. The largest absolute Gasteiger partial charge is 0.479 e. The minimum Gasteiger partial charge on any atom is -0.479 e. The van der Waals surface area contributed by atoms with Crippen molar-refractivity contribution in [2.75, 3.05) is 18.1 Å². The molecule has 1 fully saturated rings. The van der Waals surface area contributed by atoms with Crippen LogP contribution in [0.4, 0.5) is 4.39 Å². The first-order valence-corrected chi connectivity index (χ1v) is 9.16. The van der Waals surface area contributed by atoms with E-state index in [1.54, 1.807) is 0 Å². The predicted octanol–water partition coefficient (Wildman–Crippen LogP) is 0.439. The van der Waals surface area contributed by atoms with E-state index in [1.807, 2.05) is 0 Å². The number of sulfone groups is 1. The van der Waals surface area contributed by atoms with Crippen LogP contribution in [0.5, 0.6) is 5.75 Å². The van der Waals surface area contributed by atoms with Crippen molar-refractivity contribution in [3.63, 3.8) is 0 Å². The van der Waals surface area contributed by atoms with E-state index in [4.69, 9.17) is 9.47 Å². The van der Waals surface area contributed by atoms with Crippen molar-refractivity contribution < 1.29 is 31.9 Å². The molecule has 24 heavy (non-hydrogen) atoms. The summed E-state index contributed by atoms with van der Waals surface area (Å²) in [6.45, 7) is 0.916. The monoisotopic (exact) mass is 359 g/mol. The van der Waals surface area contributed by atoms with Gasteiger partial charge in [0.2, 0.25) is 0 Å². The molecule has 132 valence electrons. The fraction of sp³-hybridized carbons (Fsp3) is 0.467. The van der Waals surface area contributed by atoms with Gasteiger partial charge in [0.15, 0.2) is 22.5 Å². The molecule has 0 radical (unpaired) electrons. The van der Waals surface area contributed by atoms with Crippen LogP contribution in [0.15, 0.2) is 24.3 Å². The molecule has 1 aromatic rings. The standard InChI is InChI=1S/C15H18FNO6S/c1-10(23-13-4-2-11(16)3-5-13)15(19)22-8-14(18)17-12-6-7-24(20,21)9-12/h2-5,10,12H,6-9H2,1H3,(H,17,18)/t10-,12-/m0/s1. The lowest BCUT2D eigenvalue weighted by Crippen LogP contribution is -2.39. The quantitative estimate of drug-likeness (QED) is 0.740. The van der Waals surface area contributed by atoms with Crippen LogP contribution >= 0.6 is 0 Å². The van der Waals surface area contributed by atoms with Crippen molar-refractivity contribution in [3.05, 3.63) is 30.1 Å². The van der Waals surface area contributed by atoms with Crippen LogP contribution < -0.4 is 10.1 Å². The van der Waals surface area contributed by atoms with Gasteiger partial charge in [-0.2, -0.15) is 0 Å². The number of hydrogen-bond acceptors (Lipinski definition) is 6. The van der Waals surface area contributed by atoms with E-state index in [9.17, 15) is 22.4 Å². The molecule has 1 aromatic carbocycles. The Morgan fingerprint density at radius 2 is 2.00 bits per heavy atom. The molecule has 1 amide bonds. The minimum absolute atomic E-state index is 0.0419. The van der Waals surface area contributed by atoms with E-state index in [1.165, 1.54) is 31.2 Å². The third-order valence-electron chi connectivity index (χ3n) is 3.40. The van der Waals surface area contributed by atoms with Gasteiger partial charge in [0, 0.05) is 6.04 Å². The number of amides is 1. The van der Waals surface area contributed by atoms with Gasteiger partial charge in [0.1, 0.15) is 11.6 Å². The summed E-state index contributed by atoms with van der Waals surface area (Å²) >= 11 is 0. The predicted molar refractivity (Wildman–Crippen MR) is 82.7 cm³/mol. The summed E-state index contributed by atoms with van der Waals surface area (Å²) in [6.07, 6.45) is -0.623. The van der Waals surface area contributed by atoms with E-state index < -0.39 is 46.3 Å². The molecule has 1 aliphatic rings. The summed E-state index contributed by atoms with van der Waals surface area (Å²) in [5.41, 5.74) is 0. The summed E-state index contributed by atoms with van der Waals surface area (Å²) in [4.78, 5) is 23.4. The highest BCUT2D eigenvalue weighted by Gasteiger charge is 2.29. The van der Waals surface area contributed by atoms with Crippen molar-refractivity contribution in [2.45, 2.75) is 25.5 Å². The zero-order valence-corrected chi connectivity index (χ0v) is 13.8. The van der Waals surface area contributed by atoms with Crippen LogP contribution in [0.1, 0.15) is 13.3 Å². The van der Waals surface area contributed by atoms with Gasteiger partial charge in [-0.25, -0.2) is 17.6 Å². The molecule has 0 bridgehead atoms. The topological polar surface area (TPSA) is 98.8 Å². The Labute approximate surface area is 139 Å². The third kappa shape index (κ3) is 5.48. The molecule has 0 unspecified atom stereocenters. The Balaban J connectivity index is 1.73. The van der Waals surface area contributed by atoms with Gasteiger partial charge < -0.3 is 14.8 Å². The second kappa shape index (κ2) is 7.61. The molecule has 1 aliphatic heterocycles. The highest BCUT2D eigenvalue weighted by atomic mass is 32.2. The smallest absolute Gasteiger partial charge is 0.347 e. The molecular weight excluding hydrogens is 341 g/mol. The highest BCUT2D eigenvalue weighted by molar-refractivity contribution is 7.91.